The molecule has 2 aromatic carbocycles. The van der Waals surface area contributed by atoms with Crippen molar-refractivity contribution in [1.82, 2.24) is 0 Å². The Morgan fingerprint density at radius 1 is 0.900 bits per heavy atom. The van der Waals surface area contributed by atoms with E-state index in [1.165, 1.54) is 5.56 Å². The number of aliphatic hydroxyl groups excluding tert-OH is 1. The molecule has 1 heteroatoms. The van der Waals surface area contributed by atoms with Gasteiger partial charge in [-0.15, -0.1) is 0 Å². The number of rotatable bonds is 1. The summed E-state index contributed by atoms with van der Waals surface area (Å²) < 4.78 is 0. The van der Waals surface area contributed by atoms with Crippen molar-refractivity contribution in [3.8, 4) is 11.8 Å². The Kier molecular flexibility index (Phi) is 4.27. The van der Waals surface area contributed by atoms with Crippen LogP contribution in [0.2, 0.25) is 0 Å². The Labute approximate surface area is 121 Å². The van der Waals surface area contributed by atoms with E-state index in [-0.39, 0.29) is 5.41 Å². The Bertz CT molecular complexity index is 607. The van der Waals surface area contributed by atoms with Crippen LogP contribution in [-0.4, -0.2) is 5.11 Å². The van der Waals surface area contributed by atoms with Crippen molar-refractivity contribution in [3.05, 3.63) is 71.3 Å². The summed E-state index contributed by atoms with van der Waals surface area (Å²) in [6, 6.07) is 17.7. The van der Waals surface area contributed by atoms with Gasteiger partial charge in [0.2, 0.25) is 0 Å². The predicted octanol–water partition coefficient (Wildman–Crippen LogP) is 4.07. The van der Waals surface area contributed by atoms with E-state index in [2.05, 4.69) is 44.7 Å². The van der Waals surface area contributed by atoms with Crippen molar-refractivity contribution in [2.75, 3.05) is 0 Å². The van der Waals surface area contributed by atoms with Crippen LogP contribution in [0.5, 0.6) is 0 Å². The molecule has 1 N–H and O–H groups in total. The number of hydrogen-bond acceptors (Lipinski definition) is 1. The van der Waals surface area contributed by atoms with Crippen LogP contribution in [0.1, 0.15) is 43.6 Å². The molecule has 1 nitrogen and oxygen atoms in total. The summed E-state index contributed by atoms with van der Waals surface area (Å²) >= 11 is 0. The summed E-state index contributed by atoms with van der Waals surface area (Å²) in [5.74, 6) is 5.90. The van der Waals surface area contributed by atoms with Gasteiger partial charge in [-0.3, -0.25) is 0 Å². The third kappa shape index (κ3) is 3.73. The molecule has 0 aliphatic heterocycles. The van der Waals surface area contributed by atoms with Crippen LogP contribution >= 0.6 is 0 Å². The summed E-state index contributed by atoms with van der Waals surface area (Å²) in [7, 11) is 0. The zero-order valence-electron chi connectivity index (χ0n) is 12.2. The quantitative estimate of drug-likeness (QED) is 0.770. The normalized spacial score (nSPS) is 12.4. The molecule has 0 heterocycles. The van der Waals surface area contributed by atoms with Gasteiger partial charge in [0.15, 0.2) is 0 Å². The van der Waals surface area contributed by atoms with Gasteiger partial charge in [-0.2, -0.15) is 0 Å². The molecular weight excluding hydrogens is 244 g/mol. The van der Waals surface area contributed by atoms with E-state index in [0.717, 1.165) is 11.1 Å². The highest BCUT2D eigenvalue weighted by atomic mass is 16.3. The zero-order valence-corrected chi connectivity index (χ0v) is 12.2. The Balaban J connectivity index is 2.13. The van der Waals surface area contributed by atoms with E-state index < -0.39 is 6.10 Å². The van der Waals surface area contributed by atoms with Crippen molar-refractivity contribution < 1.29 is 5.11 Å². The topological polar surface area (TPSA) is 20.2 Å². The molecule has 20 heavy (non-hydrogen) atoms. The number of aliphatic hydroxyl groups is 1. The Morgan fingerprint density at radius 2 is 1.50 bits per heavy atom. The first-order valence-electron chi connectivity index (χ1n) is 6.82. The minimum absolute atomic E-state index is 0.148. The highest BCUT2D eigenvalue weighted by molar-refractivity contribution is 5.39. The highest BCUT2D eigenvalue weighted by Gasteiger charge is 2.12. The summed E-state index contributed by atoms with van der Waals surface area (Å²) in [4.78, 5) is 0. The summed E-state index contributed by atoms with van der Waals surface area (Å²) in [5.41, 5.74) is 3.18. The first kappa shape index (κ1) is 14.4. The molecular formula is C19H20O. The Hall–Kier alpha value is -2.04. The average molecular weight is 264 g/mol. The molecule has 0 aliphatic rings. The molecule has 2 rings (SSSR count). The van der Waals surface area contributed by atoms with E-state index >= 15 is 0 Å². The fraction of sp³-hybridized carbons (Fsp3) is 0.263. The maximum Gasteiger partial charge on any atom is 0.140 e. The smallest absolute Gasteiger partial charge is 0.140 e. The van der Waals surface area contributed by atoms with Crippen molar-refractivity contribution in [1.29, 1.82) is 0 Å². The van der Waals surface area contributed by atoms with Crippen LogP contribution in [0.25, 0.3) is 0 Å². The lowest BCUT2D eigenvalue weighted by Gasteiger charge is -2.18. The van der Waals surface area contributed by atoms with Gasteiger partial charge in [0.05, 0.1) is 0 Å². The van der Waals surface area contributed by atoms with Crippen LogP contribution in [0.4, 0.5) is 0 Å². The van der Waals surface area contributed by atoms with Crippen molar-refractivity contribution >= 4 is 0 Å². The maximum atomic E-state index is 9.99. The average Bonchev–Trinajstić information content (AvgIpc) is 2.45. The van der Waals surface area contributed by atoms with Crippen LogP contribution < -0.4 is 0 Å². The van der Waals surface area contributed by atoms with Gasteiger partial charge in [-0.25, -0.2) is 0 Å². The number of hydrogen-bond donors (Lipinski definition) is 1. The third-order valence-electron chi connectivity index (χ3n) is 3.22. The van der Waals surface area contributed by atoms with Gasteiger partial charge in [0.25, 0.3) is 0 Å². The van der Waals surface area contributed by atoms with Crippen LogP contribution in [0, 0.1) is 11.8 Å². The van der Waals surface area contributed by atoms with Gasteiger partial charge in [-0.05, 0) is 28.7 Å². The first-order valence-corrected chi connectivity index (χ1v) is 6.82. The van der Waals surface area contributed by atoms with Gasteiger partial charge in [0, 0.05) is 5.56 Å². The first-order chi connectivity index (χ1) is 9.47. The second-order valence-corrected chi connectivity index (χ2v) is 5.91. The molecule has 0 aromatic heterocycles. The molecule has 1 atom stereocenters. The van der Waals surface area contributed by atoms with E-state index in [1.54, 1.807) is 0 Å². The van der Waals surface area contributed by atoms with Crippen LogP contribution in [0.3, 0.4) is 0 Å². The van der Waals surface area contributed by atoms with Crippen molar-refractivity contribution in [3.63, 3.8) is 0 Å². The van der Waals surface area contributed by atoms with E-state index in [9.17, 15) is 5.11 Å². The third-order valence-corrected chi connectivity index (χ3v) is 3.22. The van der Waals surface area contributed by atoms with Gasteiger partial charge >= 0.3 is 0 Å². The molecule has 2 aromatic rings. The molecule has 1 unspecified atom stereocenters. The van der Waals surface area contributed by atoms with Gasteiger partial charge in [-0.1, -0.05) is 75.1 Å². The lowest BCUT2D eigenvalue weighted by atomic mass is 9.87. The maximum absolute atomic E-state index is 9.99. The largest absolute Gasteiger partial charge is 0.376 e. The number of benzene rings is 2. The molecule has 0 bridgehead atoms. The van der Waals surface area contributed by atoms with E-state index in [4.69, 9.17) is 0 Å². The minimum Gasteiger partial charge on any atom is -0.376 e. The molecule has 0 spiro atoms. The SMILES string of the molecule is CC(C)(C)c1ccc(C#CC(O)c2ccccc2)cc1. The summed E-state index contributed by atoms with van der Waals surface area (Å²) in [6.07, 6.45) is -0.738. The highest BCUT2D eigenvalue weighted by Crippen LogP contribution is 2.22. The van der Waals surface area contributed by atoms with Crippen LogP contribution in [0.15, 0.2) is 54.6 Å². The minimum atomic E-state index is -0.738. The molecule has 0 amide bonds. The lowest BCUT2D eigenvalue weighted by Crippen LogP contribution is -2.10. The summed E-state index contributed by atoms with van der Waals surface area (Å²) in [6.45, 7) is 6.56. The van der Waals surface area contributed by atoms with Crippen molar-refractivity contribution in [2.45, 2.75) is 32.3 Å². The lowest BCUT2D eigenvalue weighted by molar-refractivity contribution is 0.238. The fourth-order valence-electron chi connectivity index (χ4n) is 1.92. The standard InChI is InChI=1S/C19H20O/c1-19(2,3)17-12-9-15(10-13-17)11-14-18(20)16-7-5-4-6-8-16/h4-10,12-13,18,20H,1-3H3. The predicted molar refractivity (Wildman–Crippen MR) is 83.4 cm³/mol. The molecule has 0 saturated carbocycles. The van der Waals surface area contributed by atoms with E-state index in [1.807, 2.05) is 42.5 Å². The molecule has 0 radical (unpaired) electrons. The molecule has 0 aliphatic carbocycles. The van der Waals surface area contributed by atoms with Gasteiger partial charge in [0.1, 0.15) is 6.10 Å². The second-order valence-electron chi connectivity index (χ2n) is 5.91. The fourth-order valence-corrected chi connectivity index (χ4v) is 1.92. The Morgan fingerprint density at radius 3 is 2.05 bits per heavy atom. The molecule has 0 saturated heterocycles. The molecule has 102 valence electrons. The zero-order chi connectivity index (χ0) is 14.6. The van der Waals surface area contributed by atoms with E-state index in [0.29, 0.717) is 0 Å². The molecule has 0 fully saturated rings. The van der Waals surface area contributed by atoms with Gasteiger partial charge < -0.3 is 5.11 Å². The van der Waals surface area contributed by atoms with Crippen LogP contribution in [-0.2, 0) is 5.41 Å². The van der Waals surface area contributed by atoms with Crippen molar-refractivity contribution in [2.24, 2.45) is 0 Å². The second kappa shape index (κ2) is 5.94. The summed E-state index contributed by atoms with van der Waals surface area (Å²) in [5, 5.41) is 9.99. The monoisotopic (exact) mass is 264 g/mol.